The normalized spacial score (nSPS) is 12.8. The zero-order valence-corrected chi connectivity index (χ0v) is 42.9. The number of hydrogen-bond donors (Lipinski definition) is 0. The molecule has 0 aromatic heterocycles. The van der Waals surface area contributed by atoms with Gasteiger partial charge in [-0.25, -0.2) is 0 Å². The number of ether oxygens (including phenoxy) is 3. The van der Waals surface area contributed by atoms with Crippen LogP contribution >= 0.6 is 0 Å². The Morgan fingerprint density at radius 1 is 0.318 bits per heavy atom. The van der Waals surface area contributed by atoms with E-state index in [1.54, 1.807) is 0 Å². The largest absolute Gasteiger partial charge is 0.462 e. The molecule has 0 saturated carbocycles. The SMILES string of the molecule is CC/C=C\C/C=C\C/C=C\C/C=C\CCCCCCCCCCC(=O)OCC(COC(=O)CCCCC/C=C\C/C=C\C/C=C\CC)OC(=O)CCCCCCC/C=C\CCCCCCC. The molecule has 0 amide bonds. The molecular formula is C60H100O6. The number of carbonyl (C=O) groups is 3. The topological polar surface area (TPSA) is 78.9 Å². The summed E-state index contributed by atoms with van der Waals surface area (Å²) in [6.07, 6.45) is 71.1. The molecule has 0 aliphatic rings. The van der Waals surface area contributed by atoms with Gasteiger partial charge < -0.3 is 14.2 Å². The number of hydrogen-bond acceptors (Lipinski definition) is 6. The van der Waals surface area contributed by atoms with Crippen molar-refractivity contribution in [3.05, 3.63) is 97.2 Å². The number of rotatable bonds is 48. The summed E-state index contributed by atoms with van der Waals surface area (Å²) < 4.78 is 16.8. The highest BCUT2D eigenvalue weighted by atomic mass is 16.6. The average molecular weight is 917 g/mol. The molecule has 0 radical (unpaired) electrons. The summed E-state index contributed by atoms with van der Waals surface area (Å²) >= 11 is 0. The lowest BCUT2D eigenvalue weighted by Gasteiger charge is -2.18. The van der Waals surface area contributed by atoms with Crippen molar-refractivity contribution in [1.82, 2.24) is 0 Å². The van der Waals surface area contributed by atoms with Crippen LogP contribution in [0.4, 0.5) is 0 Å². The maximum absolute atomic E-state index is 12.8. The van der Waals surface area contributed by atoms with E-state index in [0.717, 1.165) is 128 Å². The molecule has 0 saturated heterocycles. The van der Waals surface area contributed by atoms with Crippen LogP contribution in [-0.2, 0) is 28.6 Å². The Morgan fingerprint density at radius 3 is 0.955 bits per heavy atom. The van der Waals surface area contributed by atoms with Gasteiger partial charge >= 0.3 is 17.9 Å². The van der Waals surface area contributed by atoms with Gasteiger partial charge in [0, 0.05) is 19.3 Å². The Morgan fingerprint density at radius 2 is 0.591 bits per heavy atom. The minimum Gasteiger partial charge on any atom is -0.462 e. The molecule has 0 aromatic carbocycles. The zero-order valence-electron chi connectivity index (χ0n) is 42.9. The summed E-state index contributed by atoms with van der Waals surface area (Å²) in [5, 5.41) is 0. The van der Waals surface area contributed by atoms with E-state index in [9.17, 15) is 14.4 Å². The second kappa shape index (κ2) is 53.9. The van der Waals surface area contributed by atoms with Gasteiger partial charge in [-0.05, 0) is 116 Å². The summed E-state index contributed by atoms with van der Waals surface area (Å²) in [6.45, 7) is 6.36. The van der Waals surface area contributed by atoms with E-state index in [4.69, 9.17) is 14.2 Å². The van der Waals surface area contributed by atoms with Gasteiger partial charge in [0.1, 0.15) is 13.2 Å². The zero-order chi connectivity index (χ0) is 47.9. The summed E-state index contributed by atoms with van der Waals surface area (Å²) in [5.74, 6) is -0.942. The average Bonchev–Trinajstić information content (AvgIpc) is 3.31. The summed E-state index contributed by atoms with van der Waals surface area (Å²) in [6, 6.07) is 0. The first-order valence-corrected chi connectivity index (χ1v) is 27.2. The summed E-state index contributed by atoms with van der Waals surface area (Å²) in [7, 11) is 0. The molecule has 0 rings (SSSR count). The molecule has 0 N–H and O–H groups in total. The molecule has 0 spiro atoms. The van der Waals surface area contributed by atoms with Crippen molar-refractivity contribution in [2.75, 3.05) is 13.2 Å². The Labute approximate surface area is 407 Å². The predicted octanol–water partition coefficient (Wildman–Crippen LogP) is 18.1. The number of unbranched alkanes of at least 4 members (excludes halogenated alkanes) is 21. The second-order valence-corrected chi connectivity index (χ2v) is 17.7. The Hall–Kier alpha value is -3.67. The van der Waals surface area contributed by atoms with Crippen molar-refractivity contribution in [2.24, 2.45) is 0 Å². The molecule has 0 heterocycles. The van der Waals surface area contributed by atoms with Crippen molar-refractivity contribution in [2.45, 2.75) is 252 Å². The van der Waals surface area contributed by atoms with Gasteiger partial charge in [-0.2, -0.15) is 0 Å². The molecule has 1 atom stereocenters. The van der Waals surface area contributed by atoms with Crippen LogP contribution in [0.3, 0.4) is 0 Å². The molecule has 0 fully saturated rings. The Balaban J connectivity index is 4.40. The van der Waals surface area contributed by atoms with E-state index in [1.165, 1.54) is 77.0 Å². The van der Waals surface area contributed by atoms with Crippen LogP contribution in [0.15, 0.2) is 97.2 Å². The van der Waals surface area contributed by atoms with Crippen LogP contribution in [0.25, 0.3) is 0 Å². The van der Waals surface area contributed by atoms with Gasteiger partial charge in [0.25, 0.3) is 0 Å². The smallest absolute Gasteiger partial charge is 0.306 e. The molecule has 0 aliphatic carbocycles. The highest BCUT2D eigenvalue weighted by molar-refractivity contribution is 5.71. The maximum Gasteiger partial charge on any atom is 0.306 e. The number of esters is 3. The van der Waals surface area contributed by atoms with Crippen LogP contribution in [-0.4, -0.2) is 37.2 Å². The third-order valence-electron chi connectivity index (χ3n) is 11.3. The Bertz CT molecular complexity index is 1330. The van der Waals surface area contributed by atoms with Crippen molar-refractivity contribution >= 4 is 17.9 Å². The van der Waals surface area contributed by atoms with Crippen LogP contribution in [0.5, 0.6) is 0 Å². The van der Waals surface area contributed by atoms with E-state index in [1.807, 2.05) is 0 Å². The maximum atomic E-state index is 12.8. The molecule has 66 heavy (non-hydrogen) atoms. The minimum atomic E-state index is -0.798. The van der Waals surface area contributed by atoms with Gasteiger partial charge in [0.2, 0.25) is 0 Å². The molecular weight excluding hydrogens is 817 g/mol. The van der Waals surface area contributed by atoms with Gasteiger partial charge in [-0.3, -0.25) is 14.4 Å². The molecule has 6 nitrogen and oxygen atoms in total. The van der Waals surface area contributed by atoms with Gasteiger partial charge in [-0.15, -0.1) is 0 Å². The third-order valence-corrected chi connectivity index (χ3v) is 11.3. The van der Waals surface area contributed by atoms with Crippen LogP contribution in [0, 0.1) is 0 Å². The molecule has 0 aliphatic heterocycles. The molecule has 0 bridgehead atoms. The molecule has 0 aromatic rings. The van der Waals surface area contributed by atoms with Gasteiger partial charge in [0.05, 0.1) is 0 Å². The lowest BCUT2D eigenvalue weighted by molar-refractivity contribution is -0.167. The van der Waals surface area contributed by atoms with Crippen LogP contribution in [0.2, 0.25) is 0 Å². The fourth-order valence-electron chi connectivity index (χ4n) is 7.27. The number of allylic oxidation sites excluding steroid dienone is 16. The lowest BCUT2D eigenvalue weighted by Crippen LogP contribution is -2.30. The van der Waals surface area contributed by atoms with E-state index < -0.39 is 6.10 Å². The van der Waals surface area contributed by atoms with Crippen molar-refractivity contribution < 1.29 is 28.6 Å². The van der Waals surface area contributed by atoms with Crippen LogP contribution in [0.1, 0.15) is 245 Å². The van der Waals surface area contributed by atoms with E-state index >= 15 is 0 Å². The summed E-state index contributed by atoms with van der Waals surface area (Å²) in [5.41, 5.74) is 0. The standard InChI is InChI=1S/C60H100O6/c1-4-7-10-13-16-19-22-25-27-28-29-30-31-32-33-36-38-41-44-47-50-53-59(62)65-56-57(55-64-58(61)52-49-46-43-40-37-34-24-21-18-15-12-9-6-3)66-60(63)54-51-48-45-42-39-35-26-23-20-17-14-11-8-5-2/h7,9-10,12,16,18-19,21,23,25-27,29-30,34,37,57H,4-6,8,11,13-15,17,20,22,24,28,31-33,35-36,38-56H2,1-3H3/b10-7-,12-9-,19-16-,21-18-,26-23-,27-25-,30-29-,37-34-. The van der Waals surface area contributed by atoms with E-state index in [2.05, 4.69) is 118 Å². The fraction of sp³-hybridized carbons (Fsp3) is 0.683. The predicted molar refractivity (Wildman–Crippen MR) is 284 cm³/mol. The van der Waals surface area contributed by atoms with Gasteiger partial charge in [0.15, 0.2) is 6.10 Å². The Kier molecular flexibility index (Phi) is 50.9. The van der Waals surface area contributed by atoms with E-state index in [-0.39, 0.29) is 31.1 Å². The first-order chi connectivity index (χ1) is 32.5. The van der Waals surface area contributed by atoms with E-state index in [0.29, 0.717) is 19.3 Å². The van der Waals surface area contributed by atoms with Crippen molar-refractivity contribution in [3.8, 4) is 0 Å². The molecule has 6 heteroatoms. The minimum absolute atomic E-state index is 0.0953. The highest BCUT2D eigenvalue weighted by Gasteiger charge is 2.19. The number of carbonyl (C=O) groups excluding carboxylic acids is 3. The summed E-state index contributed by atoms with van der Waals surface area (Å²) in [4.78, 5) is 38.0. The molecule has 376 valence electrons. The quantitative estimate of drug-likeness (QED) is 0.0262. The van der Waals surface area contributed by atoms with Gasteiger partial charge in [-0.1, -0.05) is 208 Å². The first-order valence-electron chi connectivity index (χ1n) is 27.2. The van der Waals surface area contributed by atoms with Crippen LogP contribution < -0.4 is 0 Å². The monoisotopic (exact) mass is 917 g/mol. The van der Waals surface area contributed by atoms with Crippen molar-refractivity contribution in [3.63, 3.8) is 0 Å². The fourth-order valence-corrected chi connectivity index (χ4v) is 7.27. The second-order valence-electron chi connectivity index (χ2n) is 17.7. The lowest BCUT2D eigenvalue weighted by atomic mass is 10.1. The highest BCUT2D eigenvalue weighted by Crippen LogP contribution is 2.14. The first kappa shape index (κ1) is 62.3. The third kappa shape index (κ3) is 51.3. The molecule has 1 unspecified atom stereocenters. The van der Waals surface area contributed by atoms with Crippen molar-refractivity contribution in [1.29, 1.82) is 0 Å².